The van der Waals surface area contributed by atoms with E-state index in [0.717, 1.165) is 0 Å². The second kappa shape index (κ2) is 3.33. The van der Waals surface area contributed by atoms with E-state index in [1.165, 1.54) is 0 Å². The van der Waals surface area contributed by atoms with Gasteiger partial charge in [0.05, 0.1) is 0 Å². The summed E-state index contributed by atoms with van der Waals surface area (Å²) < 4.78 is 16.8. The molecule has 0 aliphatic carbocycles. The van der Waals surface area contributed by atoms with Gasteiger partial charge in [0, 0.05) is 0 Å². The van der Waals surface area contributed by atoms with Crippen molar-refractivity contribution in [1.29, 1.82) is 0 Å². The highest BCUT2D eigenvalue weighted by Gasteiger charge is 2.38. The summed E-state index contributed by atoms with van der Waals surface area (Å²) in [4.78, 5) is 0. The molecule has 2 atom stereocenters. The quantitative estimate of drug-likeness (QED) is 0.587. The number of hydrogen-bond acceptors (Lipinski definition) is 3. The van der Waals surface area contributed by atoms with Crippen molar-refractivity contribution >= 4 is 27.1 Å². The minimum atomic E-state index is -1.97. The van der Waals surface area contributed by atoms with Crippen molar-refractivity contribution in [1.82, 2.24) is 0 Å². The van der Waals surface area contributed by atoms with Crippen LogP contribution in [0.5, 0.6) is 0 Å². The molecule has 0 amide bonds. The molecule has 1 aliphatic rings. The second-order valence-corrected chi connectivity index (χ2v) is 10.4. The molecule has 0 spiro atoms. The molecule has 0 aromatic rings. The molecule has 1 rings (SSSR count). The summed E-state index contributed by atoms with van der Waals surface area (Å²) in [5.41, 5.74) is 1.84. The minimum absolute atomic E-state index is 1.37. The van der Waals surface area contributed by atoms with E-state index in [0.29, 0.717) is 0 Å². The maximum Gasteiger partial charge on any atom is 0.343 e. The molecular weight excluding hydrogens is 192 g/mol. The zero-order valence-corrected chi connectivity index (χ0v) is 10.5. The summed E-state index contributed by atoms with van der Waals surface area (Å²) in [6.45, 7) is 9.83. The Labute approximate surface area is 71.9 Å². The smallest absolute Gasteiger partial charge is 0.343 e. The van der Waals surface area contributed by atoms with E-state index in [9.17, 15) is 0 Å². The standard InChI is InChI=1S/C5H14O3Si3/c1-5-11(4)7-9(2)6-10(3)8-11/h5,9-10H,1H2,2-4H3. The van der Waals surface area contributed by atoms with E-state index in [4.69, 9.17) is 12.3 Å². The zero-order chi connectivity index (χ0) is 8.48. The summed E-state index contributed by atoms with van der Waals surface area (Å²) in [5.74, 6) is 0. The highest BCUT2D eigenvalue weighted by molar-refractivity contribution is 6.85. The van der Waals surface area contributed by atoms with Gasteiger partial charge in [-0.2, -0.15) is 0 Å². The molecule has 1 saturated heterocycles. The molecule has 0 bridgehead atoms. The first-order valence-electron chi connectivity index (χ1n) is 3.70. The predicted molar refractivity (Wildman–Crippen MR) is 51.1 cm³/mol. The highest BCUT2D eigenvalue weighted by Crippen LogP contribution is 2.17. The molecule has 0 N–H and O–H groups in total. The van der Waals surface area contributed by atoms with Gasteiger partial charge >= 0.3 is 27.1 Å². The van der Waals surface area contributed by atoms with Crippen LogP contribution in [0.3, 0.4) is 0 Å². The van der Waals surface area contributed by atoms with Crippen LogP contribution in [0.1, 0.15) is 0 Å². The van der Waals surface area contributed by atoms with Crippen LogP contribution in [0.25, 0.3) is 0 Å². The molecule has 0 aromatic carbocycles. The van der Waals surface area contributed by atoms with E-state index in [1.807, 2.05) is 25.3 Å². The number of rotatable bonds is 1. The first-order chi connectivity index (χ1) is 5.06. The molecule has 2 unspecified atom stereocenters. The minimum Gasteiger partial charge on any atom is -0.420 e. The fourth-order valence-electron chi connectivity index (χ4n) is 1.11. The van der Waals surface area contributed by atoms with E-state index in [2.05, 4.69) is 6.58 Å². The van der Waals surface area contributed by atoms with Gasteiger partial charge in [-0.1, -0.05) is 5.70 Å². The van der Waals surface area contributed by atoms with Crippen LogP contribution < -0.4 is 0 Å². The van der Waals surface area contributed by atoms with Gasteiger partial charge in [0.25, 0.3) is 0 Å². The predicted octanol–water partition coefficient (Wildman–Crippen LogP) is 0.548. The van der Waals surface area contributed by atoms with Crippen molar-refractivity contribution in [2.24, 2.45) is 0 Å². The lowest BCUT2D eigenvalue weighted by atomic mass is 11.3. The lowest BCUT2D eigenvalue weighted by molar-refractivity contribution is 0.279. The van der Waals surface area contributed by atoms with E-state index < -0.39 is 27.1 Å². The Morgan fingerprint density at radius 2 is 1.73 bits per heavy atom. The van der Waals surface area contributed by atoms with Gasteiger partial charge in [-0.05, 0) is 19.6 Å². The molecule has 0 saturated carbocycles. The molecule has 11 heavy (non-hydrogen) atoms. The maximum atomic E-state index is 5.64. The monoisotopic (exact) mass is 206 g/mol. The molecule has 3 nitrogen and oxygen atoms in total. The fourth-order valence-corrected chi connectivity index (χ4v) is 11.5. The van der Waals surface area contributed by atoms with Crippen LogP contribution >= 0.6 is 0 Å². The third kappa shape index (κ3) is 2.36. The lowest BCUT2D eigenvalue weighted by Gasteiger charge is -2.36. The SMILES string of the molecule is C=C[Si]1(C)O[SiH](C)O[SiH](C)O1. The first-order valence-corrected chi connectivity index (χ1v) is 10.3. The molecule has 0 radical (unpaired) electrons. The Balaban J connectivity index is 2.62. The van der Waals surface area contributed by atoms with Crippen LogP contribution in [0.15, 0.2) is 12.3 Å². The van der Waals surface area contributed by atoms with Crippen molar-refractivity contribution in [2.45, 2.75) is 19.6 Å². The average molecular weight is 206 g/mol. The van der Waals surface area contributed by atoms with Crippen LogP contribution in [0.4, 0.5) is 0 Å². The van der Waals surface area contributed by atoms with Crippen molar-refractivity contribution in [2.75, 3.05) is 0 Å². The summed E-state index contributed by atoms with van der Waals surface area (Å²) >= 11 is 0. The average Bonchev–Trinajstić information content (AvgIpc) is 1.84. The molecular formula is C5H14O3Si3. The van der Waals surface area contributed by atoms with Gasteiger partial charge < -0.3 is 12.3 Å². The van der Waals surface area contributed by atoms with Gasteiger partial charge in [-0.15, -0.1) is 6.58 Å². The Morgan fingerprint density at radius 1 is 1.27 bits per heavy atom. The van der Waals surface area contributed by atoms with Crippen molar-refractivity contribution in [3.63, 3.8) is 0 Å². The van der Waals surface area contributed by atoms with Gasteiger partial charge in [0.1, 0.15) is 0 Å². The Bertz CT molecular complexity index is 153. The summed E-state index contributed by atoms with van der Waals surface area (Å²) in [7, 11) is -4.71. The third-order valence-corrected chi connectivity index (χ3v) is 11.8. The van der Waals surface area contributed by atoms with Gasteiger partial charge in [-0.25, -0.2) is 0 Å². The molecule has 64 valence electrons. The first kappa shape index (κ1) is 9.36. The van der Waals surface area contributed by atoms with Gasteiger partial charge in [-0.3, -0.25) is 0 Å². The van der Waals surface area contributed by atoms with E-state index >= 15 is 0 Å². The molecule has 1 fully saturated rings. The van der Waals surface area contributed by atoms with Gasteiger partial charge in [0.2, 0.25) is 0 Å². The van der Waals surface area contributed by atoms with Crippen LogP contribution in [-0.4, -0.2) is 27.1 Å². The fraction of sp³-hybridized carbons (Fsp3) is 0.600. The van der Waals surface area contributed by atoms with Crippen LogP contribution in [-0.2, 0) is 12.3 Å². The third-order valence-electron chi connectivity index (χ3n) is 1.55. The van der Waals surface area contributed by atoms with E-state index in [1.54, 1.807) is 0 Å². The lowest BCUT2D eigenvalue weighted by Crippen LogP contribution is -2.53. The summed E-state index contributed by atoms with van der Waals surface area (Å²) in [6, 6.07) is 0. The highest BCUT2D eigenvalue weighted by atomic mass is 28.5. The van der Waals surface area contributed by atoms with Crippen molar-refractivity contribution in [3.8, 4) is 0 Å². The Kier molecular flexibility index (Phi) is 2.84. The van der Waals surface area contributed by atoms with Gasteiger partial charge in [0.15, 0.2) is 0 Å². The molecule has 6 heteroatoms. The van der Waals surface area contributed by atoms with E-state index in [-0.39, 0.29) is 0 Å². The maximum absolute atomic E-state index is 5.64. The molecule has 1 aliphatic heterocycles. The van der Waals surface area contributed by atoms with Crippen LogP contribution in [0.2, 0.25) is 19.6 Å². The Morgan fingerprint density at radius 3 is 2.09 bits per heavy atom. The summed E-state index contributed by atoms with van der Waals surface area (Å²) in [6.07, 6.45) is 0. The second-order valence-electron chi connectivity index (χ2n) is 2.73. The zero-order valence-electron chi connectivity index (χ0n) is 7.16. The topological polar surface area (TPSA) is 27.7 Å². The number of hydrogen-bond donors (Lipinski definition) is 0. The van der Waals surface area contributed by atoms with Crippen molar-refractivity contribution < 1.29 is 12.3 Å². The molecule has 0 aromatic heterocycles. The Hall–Kier alpha value is 0.271. The van der Waals surface area contributed by atoms with Crippen molar-refractivity contribution in [3.05, 3.63) is 12.3 Å². The summed E-state index contributed by atoms with van der Waals surface area (Å²) in [5, 5.41) is 0. The largest absolute Gasteiger partial charge is 0.420 e. The molecule has 1 heterocycles. The normalized spacial score (nSPS) is 45.4. The van der Waals surface area contributed by atoms with Crippen LogP contribution in [0, 0.1) is 0 Å².